The largest absolute Gasteiger partial charge is 0.395 e. The minimum Gasteiger partial charge on any atom is -0.395 e. The van der Waals surface area contributed by atoms with Crippen LogP contribution in [0.5, 0.6) is 0 Å². The van der Waals surface area contributed by atoms with Crippen LogP contribution in [0.3, 0.4) is 0 Å². The number of likely N-dealkylation sites (tertiary alicyclic amines) is 1. The number of hydrogen-bond acceptors (Lipinski definition) is 3. The molecule has 1 aliphatic rings. The van der Waals surface area contributed by atoms with E-state index in [0.717, 1.165) is 32.6 Å². The van der Waals surface area contributed by atoms with E-state index >= 15 is 0 Å². The summed E-state index contributed by atoms with van der Waals surface area (Å²) in [7, 11) is 0. The molecule has 0 saturated carbocycles. The molecule has 0 aliphatic carbocycles. The van der Waals surface area contributed by atoms with E-state index in [0.29, 0.717) is 24.0 Å². The van der Waals surface area contributed by atoms with Crippen molar-refractivity contribution in [3.8, 4) is 0 Å². The minimum absolute atomic E-state index is 0.321. The molecule has 120 valence electrons. The van der Waals surface area contributed by atoms with Crippen LogP contribution in [-0.2, 0) is 0 Å². The van der Waals surface area contributed by atoms with Crippen LogP contribution in [0, 0.1) is 11.3 Å². The van der Waals surface area contributed by atoms with Gasteiger partial charge in [-0.3, -0.25) is 4.90 Å². The molecule has 0 radical (unpaired) electrons. The predicted molar refractivity (Wildman–Crippen MR) is 87.0 cm³/mol. The van der Waals surface area contributed by atoms with Gasteiger partial charge < -0.3 is 10.4 Å². The second kappa shape index (κ2) is 9.01. The maximum absolute atomic E-state index is 9.58. The molecule has 2 unspecified atom stereocenters. The van der Waals surface area contributed by atoms with Crippen molar-refractivity contribution in [1.82, 2.24) is 10.2 Å². The maximum atomic E-state index is 9.58. The smallest absolute Gasteiger partial charge is 0.0586 e. The number of nitrogens with zero attached hydrogens (tertiary/aromatic N) is 1. The summed E-state index contributed by atoms with van der Waals surface area (Å²) in [5.41, 5.74) is 0.328. The highest BCUT2D eigenvalue weighted by Gasteiger charge is 2.30. The molecule has 1 heterocycles. The molecule has 1 aliphatic heterocycles. The first-order valence-electron chi connectivity index (χ1n) is 8.56. The molecule has 20 heavy (non-hydrogen) atoms. The van der Waals surface area contributed by atoms with E-state index in [1.165, 1.54) is 25.7 Å². The minimum atomic E-state index is 0.321. The van der Waals surface area contributed by atoms with Gasteiger partial charge in [-0.2, -0.15) is 0 Å². The lowest BCUT2D eigenvalue weighted by Gasteiger charge is -2.41. The monoisotopic (exact) mass is 284 g/mol. The van der Waals surface area contributed by atoms with Gasteiger partial charge in [0.1, 0.15) is 0 Å². The quantitative estimate of drug-likeness (QED) is 0.683. The molecule has 1 fully saturated rings. The van der Waals surface area contributed by atoms with E-state index in [2.05, 4.69) is 37.9 Å². The van der Waals surface area contributed by atoms with Crippen molar-refractivity contribution in [2.45, 2.75) is 65.8 Å². The summed E-state index contributed by atoms with van der Waals surface area (Å²) in [6.45, 7) is 14.0. The summed E-state index contributed by atoms with van der Waals surface area (Å²) in [4.78, 5) is 2.54. The Morgan fingerprint density at radius 2 is 2.10 bits per heavy atom. The van der Waals surface area contributed by atoms with Gasteiger partial charge in [0.15, 0.2) is 0 Å². The van der Waals surface area contributed by atoms with Crippen LogP contribution in [0.4, 0.5) is 0 Å². The molecule has 0 aromatic rings. The van der Waals surface area contributed by atoms with E-state index in [1.54, 1.807) is 0 Å². The average Bonchev–Trinajstić information content (AvgIpc) is 2.39. The first kappa shape index (κ1) is 17.9. The third kappa shape index (κ3) is 6.11. The normalized spacial score (nSPS) is 24.0. The van der Waals surface area contributed by atoms with Crippen LogP contribution < -0.4 is 5.32 Å². The lowest BCUT2D eigenvalue weighted by atomic mass is 9.83. The highest BCUT2D eigenvalue weighted by Crippen LogP contribution is 2.27. The summed E-state index contributed by atoms with van der Waals surface area (Å²) in [5.74, 6) is 0.709. The van der Waals surface area contributed by atoms with Crippen LogP contribution in [-0.4, -0.2) is 48.8 Å². The maximum Gasteiger partial charge on any atom is 0.0586 e. The van der Waals surface area contributed by atoms with Crippen LogP contribution >= 0.6 is 0 Å². The average molecular weight is 284 g/mol. The van der Waals surface area contributed by atoms with Crippen molar-refractivity contribution in [3.05, 3.63) is 0 Å². The highest BCUT2D eigenvalue weighted by atomic mass is 16.3. The van der Waals surface area contributed by atoms with Gasteiger partial charge in [-0.15, -0.1) is 0 Å². The van der Waals surface area contributed by atoms with Gasteiger partial charge in [-0.05, 0) is 43.7 Å². The number of nitrogens with one attached hydrogen (secondary N) is 1. The molecular weight excluding hydrogens is 248 g/mol. The molecule has 0 aromatic carbocycles. The standard InChI is InChI=1S/C17H36N2O/c1-5-9-17(4,13-18-11-15(2)3)14-19-10-7-6-8-16(19)12-20/h15-16,18,20H,5-14H2,1-4H3. The van der Waals surface area contributed by atoms with Crippen molar-refractivity contribution < 1.29 is 5.11 Å². The van der Waals surface area contributed by atoms with Gasteiger partial charge in [-0.1, -0.05) is 40.5 Å². The molecule has 2 atom stereocenters. The van der Waals surface area contributed by atoms with Crippen molar-refractivity contribution in [1.29, 1.82) is 0 Å². The first-order valence-corrected chi connectivity index (χ1v) is 8.56. The fraction of sp³-hybridized carbons (Fsp3) is 1.00. The van der Waals surface area contributed by atoms with Crippen molar-refractivity contribution in [3.63, 3.8) is 0 Å². The SMILES string of the molecule is CCCC(C)(CNCC(C)C)CN1CCCCC1CO. The summed E-state index contributed by atoms with van der Waals surface area (Å²) in [5, 5.41) is 13.2. The zero-order valence-electron chi connectivity index (χ0n) is 14.1. The Morgan fingerprint density at radius 1 is 1.35 bits per heavy atom. The fourth-order valence-electron chi connectivity index (χ4n) is 3.45. The molecule has 2 N–H and O–H groups in total. The van der Waals surface area contributed by atoms with E-state index in [9.17, 15) is 5.11 Å². The van der Waals surface area contributed by atoms with Gasteiger partial charge in [0.05, 0.1) is 6.61 Å². The van der Waals surface area contributed by atoms with Gasteiger partial charge in [-0.25, -0.2) is 0 Å². The second-order valence-corrected chi connectivity index (χ2v) is 7.39. The van der Waals surface area contributed by atoms with Gasteiger partial charge >= 0.3 is 0 Å². The van der Waals surface area contributed by atoms with Crippen LogP contribution in [0.15, 0.2) is 0 Å². The summed E-state index contributed by atoms with van der Waals surface area (Å²) < 4.78 is 0. The third-order valence-electron chi connectivity index (χ3n) is 4.50. The third-order valence-corrected chi connectivity index (χ3v) is 4.50. The molecule has 0 amide bonds. The number of aliphatic hydroxyl groups is 1. The second-order valence-electron chi connectivity index (χ2n) is 7.39. The molecule has 3 heteroatoms. The number of hydrogen-bond donors (Lipinski definition) is 2. The van der Waals surface area contributed by atoms with E-state index < -0.39 is 0 Å². The van der Waals surface area contributed by atoms with E-state index in [-0.39, 0.29) is 0 Å². The lowest BCUT2D eigenvalue weighted by molar-refractivity contribution is 0.0490. The zero-order chi connectivity index (χ0) is 15.0. The predicted octanol–water partition coefficient (Wildman–Crippen LogP) is 2.89. The van der Waals surface area contributed by atoms with Crippen molar-refractivity contribution in [2.24, 2.45) is 11.3 Å². The van der Waals surface area contributed by atoms with Crippen LogP contribution in [0.2, 0.25) is 0 Å². The Morgan fingerprint density at radius 3 is 2.70 bits per heavy atom. The van der Waals surface area contributed by atoms with Crippen molar-refractivity contribution in [2.75, 3.05) is 32.8 Å². The van der Waals surface area contributed by atoms with Gasteiger partial charge in [0, 0.05) is 19.1 Å². The summed E-state index contributed by atoms with van der Waals surface area (Å²) in [6, 6.07) is 0.394. The Balaban J connectivity index is 2.54. The fourth-order valence-corrected chi connectivity index (χ4v) is 3.45. The molecule has 3 nitrogen and oxygen atoms in total. The molecular formula is C17H36N2O. The number of rotatable bonds is 9. The molecule has 0 spiro atoms. The van der Waals surface area contributed by atoms with E-state index in [4.69, 9.17) is 0 Å². The lowest BCUT2D eigenvalue weighted by Crippen LogP contribution is -2.49. The Hall–Kier alpha value is -0.120. The molecule has 1 saturated heterocycles. The molecule has 0 aromatic heterocycles. The van der Waals surface area contributed by atoms with Crippen molar-refractivity contribution >= 4 is 0 Å². The Labute approximate surface area is 126 Å². The van der Waals surface area contributed by atoms with Crippen LogP contribution in [0.1, 0.15) is 59.8 Å². The zero-order valence-corrected chi connectivity index (χ0v) is 14.1. The van der Waals surface area contributed by atoms with Gasteiger partial charge in [0.2, 0.25) is 0 Å². The Kier molecular flexibility index (Phi) is 8.08. The van der Waals surface area contributed by atoms with E-state index in [1.807, 2.05) is 0 Å². The summed E-state index contributed by atoms with van der Waals surface area (Å²) in [6.07, 6.45) is 6.22. The van der Waals surface area contributed by atoms with Crippen LogP contribution in [0.25, 0.3) is 0 Å². The Bertz CT molecular complexity index is 257. The highest BCUT2D eigenvalue weighted by molar-refractivity contribution is 4.85. The molecule has 1 rings (SSSR count). The topological polar surface area (TPSA) is 35.5 Å². The van der Waals surface area contributed by atoms with Gasteiger partial charge in [0.25, 0.3) is 0 Å². The number of aliphatic hydroxyl groups excluding tert-OH is 1. The summed E-state index contributed by atoms with van der Waals surface area (Å²) >= 11 is 0. The first-order chi connectivity index (χ1) is 9.50. The molecule has 0 bridgehead atoms. The number of piperidine rings is 1.